The highest BCUT2D eigenvalue weighted by Crippen LogP contribution is 2.43. The van der Waals surface area contributed by atoms with E-state index >= 15 is 0 Å². The summed E-state index contributed by atoms with van der Waals surface area (Å²) in [6.45, 7) is 2.62. The smallest absolute Gasteiger partial charge is 0.472 e. The number of carboxylic acid groups (broad SMARTS) is 1. The van der Waals surface area contributed by atoms with Crippen molar-refractivity contribution in [3.8, 4) is 0 Å². The van der Waals surface area contributed by atoms with Crippen LogP contribution < -0.4 is 5.73 Å². The monoisotopic (exact) mass is 673 g/mol. The summed E-state index contributed by atoms with van der Waals surface area (Å²) in [6, 6.07) is -1.53. The summed E-state index contributed by atoms with van der Waals surface area (Å²) < 4.78 is 32.3. The zero-order valence-electron chi connectivity index (χ0n) is 28.2. The van der Waals surface area contributed by atoms with Gasteiger partial charge in [0.15, 0.2) is 6.10 Å². The minimum atomic E-state index is -4.72. The molecule has 4 N–H and O–H groups in total. The Hall–Kier alpha value is -2.30. The molecule has 0 aromatic carbocycles. The van der Waals surface area contributed by atoms with Gasteiger partial charge in [0.05, 0.1) is 13.2 Å². The average Bonchev–Trinajstić information content (AvgIpc) is 3.02. The maximum Gasteiger partial charge on any atom is 0.472 e. The molecule has 266 valence electrons. The van der Waals surface area contributed by atoms with Gasteiger partial charge in [-0.15, -0.1) is 0 Å². The van der Waals surface area contributed by atoms with Crippen molar-refractivity contribution < 1.29 is 47.5 Å². The van der Waals surface area contributed by atoms with Crippen LogP contribution in [-0.2, 0) is 37.5 Å². The number of carbonyl (C=O) groups excluding carboxylic acids is 2. The third kappa shape index (κ3) is 29.1. The highest BCUT2D eigenvalue weighted by atomic mass is 31.2. The molecule has 0 rings (SSSR count). The van der Waals surface area contributed by atoms with Crippen molar-refractivity contribution in [1.29, 1.82) is 0 Å². The van der Waals surface area contributed by atoms with Gasteiger partial charge in [-0.05, 0) is 51.4 Å². The Morgan fingerprint density at radius 1 is 0.674 bits per heavy atom. The lowest BCUT2D eigenvalue weighted by atomic mass is 10.1. The van der Waals surface area contributed by atoms with Crippen molar-refractivity contribution in [2.75, 3.05) is 19.8 Å². The van der Waals surface area contributed by atoms with Gasteiger partial charge in [-0.1, -0.05) is 102 Å². The number of carbonyl (C=O) groups is 3. The second-order valence-corrected chi connectivity index (χ2v) is 12.7. The van der Waals surface area contributed by atoms with E-state index < -0.39 is 51.1 Å². The molecule has 0 aliphatic carbocycles. The molecule has 12 heteroatoms. The summed E-state index contributed by atoms with van der Waals surface area (Å²) in [5, 5.41) is 8.82. The van der Waals surface area contributed by atoms with E-state index in [9.17, 15) is 23.8 Å². The van der Waals surface area contributed by atoms with Gasteiger partial charge in [-0.3, -0.25) is 23.4 Å². The molecule has 0 heterocycles. The van der Waals surface area contributed by atoms with Crippen LogP contribution in [0.25, 0.3) is 0 Å². The van der Waals surface area contributed by atoms with Crippen molar-refractivity contribution in [3.05, 3.63) is 36.5 Å². The fraction of sp³-hybridized carbons (Fsp3) is 0.735. The third-order valence-electron chi connectivity index (χ3n) is 6.87. The van der Waals surface area contributed by atoms with Gasteiger partial charge >= 0.3 is 25.7 Å². The number of phosphoric acid groups is 1. The number of unbranched alkanes of at least 4 members (excludes halogenated alkanes) is 11. The van der Waals surface area contributed by atoms with Crippen LogP contribution in [0.5, 0.6) is 0 Å². The third-order valence-corrected chi connectivity index (χ3v) is 7.82. The van der Waals surface area contributed by atoms with Crippen LogP contribution in [0.15, 0.2) is 36.5 Å². The zero-order valence-corrected chi connectivity index (χ0v) is 29.0. The Kier molecular flexibility index (Phi) is 28.6. The van der Waals surface area contributed by atoms with E-state index in [0.717, 1.165) is 32.1 Å². The second-order valence-electron chi connectivity index (χ2n) is 11.3. The molecule has 0 aliphatic rings. The minimum absolute atomic E-state index is 0.0496. The van der Waals surface area contributed by atoms with Gasteiger partial charge in [-0.25, -0.2) is 4.57 Å². The lowest BCUT2D eigenvalue weighted by Gasteiger charge is -2.20. The number of carboxylic acids is 1. The predicted octanol–water partition coefficient (Wildman–Crippen LogP) is 7.72. The summed E-state index contributed by atoms with van der Waals surface area (Å²) in [6.07, 6.45) is 28.3. The molecule has 0 aromatic rings. The van der Waals surface area contributed by atoms with Crippen LogP contribution >= 0.6 is 7.82 Å². The first kappa shape index (κ1) is 43.7. The second kappa shape index (κ2) is 30.1. The van der Waals surface area contributed by atoms with E-state index in [4.69, 9.17) is 24.8 Å². The molecule has 2 unspecified atom stereocenters. The Morgan fingerprint density at radius 2 is 1.20 bits per heavy atom. The van der Waals surface area contributed by atoms with E-state index in [0.29, 0.717) is 12.8 Å². The van der Waals surface area contributed by atoms with E-state index in [1.807, 2.05) is 18.2 Å². The molecule has 3 atom stereocenters. The van der Waals surface area contributed by atoms with Gasteiger partial charge in [-0.2, -0.15) is 0 Å². The van der Waals surface area contributed by atoms with E-state index in [-0.39, 0.29) is 19.4 Å². The van der Waals surface area contributed by atoms with Gasteiger partial charge in [0, 0.05) is 12.8 Å². The SMILES string of the molecule is CCCCCC/C=C/CCCC(=O)OCC(COP(=O)(O)OC[C@H](N)C(=O)O)OC(=O)CC/C=C/C/C=C/CCCCCCCC. The van der Waals surface area contributed by atoms with Crippen LogP contribution in [0.4, 0.5) is 0 Å². The Labute approximate surface area is 276 Å². The Balaban J connectivity index is 4.64. The average molecular weight is 674 g/mol. The Morgan fingerprint density at radius 3 is 1.83 bits per heavy atom. The van der Waals surface area contributed by atoms with Crippen molar-refractivity contribution >= 4 is 25.7 Å². The van der Waals surface area contributed by atoms with Crippen molar-refractivity contribution in [2.24, 2.45) is 5.73 Å². The van der Waals surface area contributed by atoms with Gasteiger partial charge in [0.25, 0.3) is 0 Å². The molecule has 11 nitrogen and oxygen atoms in total. The molecule has 0 bridgehead atoms. The molecule has 0 radical (unpaired) electrons. The number of esters is 2. The van der Waals surface area contributed by atoms with Gasteiger partial charge in [0.2, 0.25) is 0 Å². The molecule has 0 aromatic heterocycles. The molecule has 0 fully saturated rings. The van der Waals surface area contributed by atoms with Crippen molar-refractivity contribution in [2.45, 2.75) is 142 Å². The van der Waals surface area contributed by atoms with Crippen molar-refractivity contribution in [1.82, 2.24) is 0 Å². The quantitative estimate of drug-likeness (QED) is 0.0285. The Bertz CT molecular complexity index is 937. The fourth-order valence-corrected chi connectivity index (χ4v) is 4.90. The number of ether oxygens (including phenoxy) is 2. The summed E-state index contributed by atoms with van der Waals surface area (Å²) in [4.78, 5) is 45.4. The summed E-state index contributed by atoms with van der Waals surface area (Å²) >= 11 is 0. The van der Waals surface area contributed by atoms with Crippen LogP contribution in [-0.4, -0.2) is 59.9 Å². The molecular weight excluding hydrogens is 613 g/mol. The number of nitrogens with two attached hydrogens (primary N) is 1. The first-order valence-corrected chi connectivity index (χ1v) is 18.5. The largest absolute Gasteiger partial charge is 0.480 e. The van der Waals surface area contributed by atoms with E-state index in [1.54, 1.807) is 0 Å². The standard InChI is InChI=1S/C34H60NO10P/c1-3-5-7-9-11-13-14-15-16-18-20-22-24-26-33(37)45-30(28-43-46(40,41)44-29-31(35)34(38)39)27-42-32(36)25-23-21-19-17-12-10-8-6-4-2/h15-17,19-20,22,30-31H,3-14,18,21,23-29,35H2,1-2H3,(H,38,39)(H,40,41)/b16-15+,19-17+,22-20+/t30?,31-/m0/s1. The van der Waals surface area contributed by atoms with Crippen molar-refractivity contribution in [3.63, 3.8) is 0 Å². The maximum absolute atomic E-state index is 12.5. The number of phosphoric ester groups is 1. The molecule has 46 heavy (non-hydrogen) atoms. The fourth-order valence-electron chi connectivity index (χ4n) is 4.12. The van der Waals surface area contributed by atoms with Crippen LogP contribution in [0.1, 0.15) is 129 Å². The summed E-state index contributed by atoms with van der Waals surface area (Å²) in [7, 11) is -4.72. The maximum atomic E-state index is 12.5. The van der Waals surface area contributed by atoms with Crippen LogP contribution in [0.2, 0.25) is 0 Å². The molecular formula is C34H60NO10P. The van der Waals surface area contributed by atoms with Gasteiger partial charge in [0.1, 0.15) is 12.6 Å². The first-order valence-electron chi connectivity index (χ1n) is 17.0. The number of aliphatic carboxylic acids is 1. The lowest BCUT2D eigenvalue weighted by Crippen LogP contribution is -2.34. The van der Waals surface area contributed by atoms with E-state index in [1.165, 1.54) is 57.8 Å². The number of rotatable bonds is 31. The predicted molar refractivity (Wildman–Crippen MR) is 180 cm³/mol. The highest BCUT2D eigenvalue weighted by Gasteiger charge is 2.28. The minimum Gasteiger partial charge on any atom is -0.480 e. The normalized spacial score (nSPS) is 14.5. The molecule has 0 aliphatic heterocycles. The number of hydrogen-bond acceptors (Lipinski definition) is 9. The summed E-state index contributed by atoms with van der Waals surface area (Å²) in [5.41, 5.74) is 5.29. The van der Waals surface area contributed by atoms with Crippen LogP contribution in [0.3, 0.4) is 0 Å². The zero-order chi connectivity index (χ0) is 34.3. The lowest BCUT2D eigenvalue weighted by molar-refractivity contribution is -0.161. The van der Waals surface area contributed by atoms with Crippen LogP contribution in [0, 0.1) is 0 Å². The molecule has 0 amide bonds. The molecule has 0 saturated carbocycles. The van der Waals surface area contributed by atoms with Gasteiger partial charge < -0.3 is 25.2 Å². The molecule has 0 saturated heterocycles. The first-order chi connectivity index (χ1) is 22.1. The highest BCUT2D eigenvalue weighted by molar-refractivity contribution is 7.47. The topological polar surface area (TPSA) is 172 Å². The molecule has 0 spiro atoms. The van der Waals surface area contributed by atoms with E-state index in [2.05, 4.69) is 36.6 Å². The summed E-state index contributed by atoms with van der Waals surface area (Å²) in [5.74, 6) is -2.52. The number of allylic oxidation sites excluding steroid dienone is 6. The number of hydrogen-bond donors (Lipinski definition) is 3.